The van der Waals surface area contributed by atoms with Gasteiger partial charge in [0.2, 0.25) is 5.91 Å². The number of carbonyl (C=O) groups excluding carboxylic acids is 1. The molecule has 0 radical (unpaired) electrons. The number of carboxylic acids is 1. The van der Waals surface area contributed by atoms with Crippen LogP contribution in [-0.4, -0.2) is 53.7 Å². The van der Waals surface area contributed by atoms with E-state index in [9.17, 15) is 9.59 Å². The maximum Gasteiger partial charge on any atom is 0.329 e. The second kappa shape index (κ2) is 6.56. The van der Waals surface area contributed by atoms with Crippen LogP contribution in [0.1, 0.15) is 26.2 Å². The highest BCUT2D eigenvalue weighted by atomic mass is 16.5. The number of rotatable bonds is 5. The molecule has 1 heterocycles. The van der Waals surface area contributed by atoms with Crippen molar-refractivity contribution in [3.63, 3.8) is 0 Å². The summed E-state index contributed by atoms with van der Waals surface area (Å²) in [6.45, 7) is 2.80. The Hall–Kier alpha value is -1.14. The first kappa shape index (κ1) is 13.9. The van der Waals surface area contributed by atoms with Crippen molar-refractivity contribution in [1.29, 1.82) is 0 Å². The molecule has 1 amide bonds. The van der Waals surface area contributed by atoms with Crippen molar-refractivity contribution >= 4 is 11.9 Å². The first-order valence-corrected chi connectivity index (χ1v) is 5.92. The van der Waals surface area contributed by atoms with Gasteiger partial charge in [0, 0.05) is 13.1 Å². The number of carbonyl (C=O) groups is 2. The third-order valence-electron chi connectivity index (χ3n) is 2.95. The van der Waals surface area contributed by atoms with Crippen molar-refractivity contribution in [2.45, 2.75) is 38.3 Å². The lowest BCUT2D eigenvalue weighted by Gasteiger charge is -2.33. The van der Waals surface area contributed by atoms with E-state index in [-0.39, 0.29) is 18.6 Å². The van der Waals surface area contributed by atoms with Crippen LogP contribution in [0.4, 0.5) is 0 Å². The standard InChI is InChI=1S/C11H20N2O4/c1-2-9(12)11(16)13-5-3-8(4-6-13)17-7-10(14)15/h8-9H,2-7,12H2,1H3,(H,14,15)/t9-/m1/s1. The second-order valence-corrected chi connectivity index (χ2v) is 4.24. The van der Waals surface area contributed by atoms with Crippen LogP contribution < -0.4 is 5.73 Å². The monoisotopic (exact) mass is 244 g/mol. The minimum Gasteiger partial charge on any atom is -0.480 e. The largest absolute Gasteiger partial charge is 0.480 e. The number of nitrogens with zero attached hydrogens (tertiary/aromatic N) is 1. The smallest absolute Gasteiger partial charge is 0.329 e. The Labute approximate surface area is 101 Å². The molecule has 0 aromatic rings. The van der Waals surface area contributed by atoms with Gasteiger partial charge in [-0.25, -0.2) is 4.79 Å². The predicted octanol–water partition coefficient (Wildman–Crippen LogP) is -0.184. The molecule has 0 aliphatic carbocycles. The number of carboxylic acid groups (broad SMARTS) is 1. The fraction of sp³-hybridized carbons (Fsp3) is 0.818. The molecule has 3 N–H and O–H groups in total. The number of aliphatic carboxylic acids is 1. The molecule has 1 saturated heterocycles. The average molecular weight is 244 g/mol. The van der Waals surface area contributed by atoms with E-state index in [0.29, 0.717) is 32.4 Å². The van der Waals surface area contributed by atoms with E-state index < -0.39 is 12.0 Å². The summed E-state index contributed by atoms with van der Waals surface area (Å²) in [7, 11) is 0. The number of piperidine rings is 1. The van der Waals surface area contributed by atoms with Crippen LogP contribution in [0.25, 0.3) is 0 Å². The van der Waals surface area contributed by atoms with Crippen LogP contribution in [0.2, 0.25) is 0 Å². The molecule has 0 unspecified atom stereocenters. The summed E-state index contributed by atoms with van der Waals surface area (Å²) in [6.07, 6.45) is 1.92. The summed E-state index contributed by atoms with van der Waals surface area (Å²) < 4.78 is 5.19. The van der Waals surface area contributed by atoms with Gasteiger partial charge in [-0.2, -0.15) is 0 Å². The Bertz CT molecular complexity index is 275. The van der Waals surface area contributed by atoms with E-state index >= 15 is 0 Å². The summed E-state index contributed by atoms with van der Waals surface area (Å²) in [6, 6.07) is -0.425. The lowest BCUT2D eigenvalue weighted by Crippen LogP contribution is -2.48. The molecule has 0 spiro atoms. The number of ether oxygens (including phenoxy) is 1. The van der Waals surface area contributed by atoms with E-state index in [1.807, 2.05) is 6.92 Å². The van der Waals surface area contributed by atoms with Crippen molar-refractivity contribution < 1.29 is 19.4 Å². The normalized spacial score (nSPS) is 19.1. The van der Waals surface area contributed by atoms with Gasteiger partial charge in [0.25, 0.3) is 0 Å². The van der Waals surface area contributed by atoms with E-state index in [2.05, 4.69) is 0 Å². The summed E-state index contributed by atoms with van der Waals surface area (Å²) in [5.74, 6) is -0.985. The zero-order valence-corrected chi connectivity index (χ0v) is 10.1. The maximum atomic E-state index is 11.8. The number of nitrogens with two attached hydrogens (primary N) is 1. The van der Waals surface area contributed by atoms with E-state index in [0.717, 1.165) is 0 Å². The van der Waals surface area contributed by atoms with E-state index in [1.165, 1.54) is 0 Å². The quantitative estimate of drug-likeness (QED) is 0.699. The van der Waals surface area contributed by atoms with Crippen LogP contribution in [0, 0.1) is 0 Å². The third kappa shape index (κ3) is 4.32. The topological polar surface area (TPSA) is 92.9 Å². The molecule has 0 bridgehead atoms. The number of hydrogen-bond donors (Lipinski definition) is 2. The molecule has 1 aliphatic heterocycles. The zero-order valence-electron chi connectivity index (χ0n) is 10.1. The van der Waals surface area contributed by atoms with Crippen molar-refractivity contribution in [3.05, 3.63) is 0 Å². The Balaban J connectivity index is 2.30. The molecule has 0 aromatic carbocycles. The van der Waals surface area contributed by atoms with Gasteiger partial charge in [0.1, 0.15) is 6.61 Å². The predicted molar refractivity (Wildman–Crippen MR) is 61.5 cm³/mol. The molecular weight excluding hydrogens is 224 g/mol. The van der Waals surface area contributed by atoms with Crippen LogP contribution in [0.5, 0.6) is 0 Å². The van der Waals surface area contributed by atoms with E-state index in [4.69, 9.17) is 15.6 Å². The van der Waals surface area contributed by atoms with Gasteiger partial charge in [-0.1, -0.05) is 6.92 Å². The zero-order chi connectivity index (χ0) is 12.8. The molecule has 6 nitrogen and oxygen atoms in total. The fourth-order valence-corrected chi connectivity index (χ4v) is 1.84. The lowest BCUT2D eigenvalue weighted by molar-refractivity contribution is -0.147. The van der Waals surface area contributed by atoms with Crippen molar-refractivity contribution in [3.8, 4) is 0 Å². The van der Waals surface area contributed by atoms with Crippen LogP contribution in [0.3, 0.4) is 0 Å². The SMILES string of the molecule is CC[C@@H](N)C(=O)N1CCC(OCC(=O)O)CC1. The van der Waals surface area contributed by atoms with E-state index in [1.54, 1.807) is 4.90 Å². The summed E-state index contributed by atoms with van der Waals surface area (Å²) in [4.78, 5) is 23.8. The van der Waals surface area contributed by atoms with Gasteiger partial charge < -0.3 is 20.5 Å². The molecule has 1 aliphatic rings. The van der Waals surface area contributed by atoms with Crippen LogP contribution in [0.15, 0.2) is 0 Å². The third-order valence-corrected chi connectivity index (χ3v) is 2.95. The highest BCUT2D eigenvalue weighted by Gasteiger charge is 2.26. The molecule has 17 heavy (non-hydrogen) atoms. The van der Waals surface area contributed by atoms with Gasteiger partial charge in [-0.15, -0.1) is 0 Å². The first-order chi connectivity index (χ1) is 8.04. The van der Waals surface area contributed by atoms with Crippen molar-refractivity contribution in [1.82, 2.24) is 4.90 Å². The Morgan fingerprint density at radius 3 is 2.53 bits per heavy atom. The molecule has 1 rings (SSSR count). The second-order valence-electron chi connectivity index (χ2n) is 4.24. The van der Waals surface area contributed by atoms with Crippen molar-refractivity contribution in [2.24, 2.45) is 5.73 Å². The maximum absolute atomic E-state index is 11.8. The molecule has 0 aromatic heterocycles. The van der Waals surface area contributed by atoms with Crippen LogP contribution in [-0.2, 0) is 14.3 Å². The highest BCUT2D eigenvalue weighted by Crippen LogP contribution is 2.14. The van der Waals surface area contributed by atoms with Gasteiger partial charge in [0.05, 0.1) is 12.1 Å². The fourth-order valence-electron chi connectivity index (χ4n) is 1.84. The molecular formula is C11H20N2O4. The number of likely N-dealkylation sites (tertiary alicyclic amines) is 1. The average Bonchev–Trinajstić information content (AvgIpc) is 2.35. The number of hydrogen-bond acceptors (Lipinski definition) is 4. The highest BCUT2D eigenvalue weighted by molar-refractivity contribution is 5.81. The molecule has 6 heteroatoms. The first-order valence-electron chi connectivity index (χ1n) is 5.92. The van der Waals surface area contributed by atoms with Crippen molar-refractivity contribution in [2.75, 3.05) is 19.7 Å². The Kier molecular flexibility index (Phi) is 5.37. The molecule has 98 valence electrons. The molecule has 1 atom stereocenters. The Morgan fingerprint density at radius 2 is 2.06 bits per heavy atom. The van der Waals surface area contributed by atoms with Gasteiger partial charge in [-0.05, 0) is 19.3 Å². The summed E-state index contributed by atoms with van der Waals surface area (Å²) in [5.41, 5.74) is 5.68. The molecule has 0 saturated carbocycles. The minimum atomic E-state index is -0.962. The van der Waals surface area contributed by atoms with Gasteiger partial charge in [-0.3, -0.25) is 4.79 Å². The Morgan fingerprint density at radius 1 is 1.47 bits per heavy atom. The minimum absolute atomic E-state index is 0.0239. The summed E-state index contributed by atoms with van der Waals surface area (Å²) >= 11 is 0. The lowest BCUT2D eigenvalue weighted by atomic mass is 10.1. The van der Waals surface area contributed by atoms with Gasteiger partial charge >= 0.3 is 5.97 Å². The summed E-state index contributed by atoms with van der Waals surface area (Å²) in [5, 5.41) is 8.48. The van der Waals surface area contributed by atoms with Gasteiger partial charge in [0.15, 0.2) is 0 Å². The number of amides is 1. The molecule has 1 fully saturated rings. The van der Waals surface area contributed by atoms with Crippen LogP contribution >= 0.6 is 0 Å².